The first kappa shape index (κ1) is 14.5. The van der Waals surface area contributed by atoms with E-state index < -0.39 is 0 Å². The van der Waals surface area contributed by atoms with E-state index >= 15 is 0 Å². The summed E-state index contributed by atoms with van der Waals surface area (Å²) in [6.07, 6.45) is 4.31. The molecule has 3 nitrogen and oxygen atoms in total. The summed E-state index contributed by atoms with van der Waals surface area (Å²) in [7, 11) is 0. The van der Waals surface area contributed by atoms with Gasteiger partial charge in [-0.3, -0.25) is 4.79 Å². The van der Waals surface area contributed by atoms with Crippen molar-refractivity contribution >= 4 is 29.4 Å². The fourth-order valence-corrected chi connectivity index (χ4v) is 5.29. The number of thioether (sulfide) groups is 2. The second kappa shape index (κ2) is 7.65. The van der Waals surface area contributed by atoms with E-state index in [0.717, 1.165) is 38.8 Å². The molecule has 1 unspecified atom stereocenters. The molecule has 0 aromatic rings. The third kappa shape index (κ3) is 4.35. The van der Waals surface area contributed by atoms with Crippen molar-refractivity contribution in [3.8, 4) is 0 Å². The Morgan fingerprint density at radius 1 is 1.22 bits per heavy atom. The van der Waals surface area contributed by atoms with Gasteiger partial charge in [0.15, 0.2) is 0 Å². The SMILES string of the molecule is NCC1CCC(C(=O)NCC2CSCCS2)CC1. The largest absolute Gasteiger partial charge is 0.355 e. The summed E-state index contributed by atoms with van der Waals surface area (Å²) in [5.74, 6) is 4.85. The van der Waals surface area contributed by atoms with Crippen LogP contribution in [0.25, 0.3) is 0 Å². The molecule has 1 aliphatic heterocycles. The molecule has 0 aromatic heterocycles. The molecule has 1 saturated carbocycles. The molecule has 1 heterocycles. The third-order valence-electron chi connectivity index (χ3n) is 3.94. The van der Waals surface area contributed by atoms with Crippen LogP contribution in [0.15, 0.2) is 0 Å². The maximum absolute atomic E-state index is 12.1. The Hall–Kier alpha value is 0.130. The van der Waals surface area contributed by atoms with E-state index in [0.29, 0.717) is 11.2 Å². The normalized spacial score (nSPS) is 33.1. The molecule has 18 heavy (non-hydrogen) atoms. The average molecular weight is 288 g/mol. The fourth-order valence-electron chi connectivity index (χ4n) is 2.67. The lowest BCUT2D eigenvalue weighted by Crippen LogP contribution is -2.38. The minimum absolute atomic E-state index is 0.244. The van der Waals surface area contributed by atoms with Gasteiger partial charge in [-0.2, -0.15) is 23.5 Å². The summed E-state index contributed by atoms with van der Waals surface area (Å²) in [5.41, 5.74) is 5.68. The van der Waals surface area contributed by atoms with E-state index in [1.165, 1.54) is 17.3 Å². The molecule has 1 atom stereocenters. The molecule has 2 fully saturated rings. The van der Waals surface area contributed by atoms with E-state index in [1.54, 1.807) is 0 Å². The van der Waals surface area contributed by atoms with Crippen molar-refractivity contribution in [2.24, 2.45) is 17.6 Å². The van der Waals surface area contributed by atoms with Gasteiger partial charge in [0.1, 0.15) is 0 Å². The molecule has 0 spiro atoms. The third-order valence-corrected chi connectivity index (χ3v) is 6.78. The molecule has 3 N–H and O–H groups in total. The Kier molecular flexibility index (Phi) is 6.18. The van der Waals surface area contributed by atoms with Crippen molar-refractivity contribution in [3.05, 3.63) is 0 Å². The maximum Gasteiger partial charge on any atom is 0.223 e. The molecule has 2 rings (SSSR count). The van der Waals surface area contributed by atoms with Crippen molar-refractivity contribution in [2.45, 2.75) is 30.9 Å². The van der Waals surface area contributed by atoms with Gasteiger partial charge in [-0.15, -0.1) is 0 Å². The molecule has 2 aliphatic rings. The predicted octanol–water partition coefficient (Wildman–Crippen LogP) is 1.72. The first-order valence-corrected chi connectivity index (χ1v) is 9.17. The van der Waals surface area contributed by atoms with E-state index in [4.69, 9.17) is 5.73 Å². The predicted molar refractivity (Wildman–Crippen MR) is 81.1 cm³/mol. The molecular weight excluding hydrogens is 264 g/mol. The molecule has 1 aliphatic carbocycles. The number of rotatable bonds is 4. The second-order valence-electron chi connectivity index (χ2n) is 5.27. The summed E-state index contributed by atoms with van der Waals surface area (Å²) in [6.45, 7) is 1.64. The lowest BCUT2D eigenvalue weighted by molar-refractivity contribution is -0.126. The first-order valence-electron chi connectivity index (χ1n) is 6.96. The van der Waals surface area contributed by atoms with E-state index in [9.17, 15) is 4.79 Å². The van der Waals surface area contributed by atoms with Gasteiger partial charge in [0.05, 0.1) is 0 Å². The van der Waals surface area contributed by atoms with Crippen LogP contribution >= 0.6 is 23.5 Å². The van der Waals surface area contributed by atoms with E-state index in [-0.39, 0.29) is 11.8 Å². The Balaban J connectivity index is 1.65. The summed E-state index contributed by atoms with van der Waals surface area (Å²) >= 11 is 4.01. The monoisotopic (exact) mass is 288 g/mol. The number of hydrogen-bond donors (Lipinski definition) is 2. The zero-order chi connectivity index (χ0) is 12.8. The van der Waals surface area contributed by atoms with Crippen LogP contribution in [0.4, 0.5) is 0 Å². The molecule has 0 radical (unpaired) electrons. The number of nitrogens with two attached hydrogens (primary N) is 1. The highest BCUT2D eigenvalue weighted by Crippen LogP contribution is 2.28. The minimum atomic E-state index is 0.244. The topological polar surface area (TPSA) is 55.1 Å². The summed E-state index contributed by atoms with van der Waals surface area (Å²) < 4.78 is 0. The smallest absolute Gasteiger partial charge is 0.223 e. The maximum atomic E-state index is 12.1. The van der Waals surface area contributed by atoms with Gasteiger partial charge in [-0.05, 0) is 38.1 Å². The highest BCUT2D eigenvalue weighted by atomic mass is 32.2. The van der Waals surface area contributed by atoms with Crippen molar-refractivity contribution in [2.75, 3.05) is 30.3 Å². The van der Waals surface area contributed by atoms with Gasteiger partial charge >= 0.3 is 0 Å². The quantitative estimate of drug-likeness (QED) is 0.827. The molecule has 1 amide bonds. The molecule has 1 saturated heterocycles. The van der Waals surface area contributed by atoms with Crippen LogP contribution < -0.4 is 11.1 Å². The van der Waals surface area contributed by atoms with Crippen molar-refractivity contribution in [3.63, 3.8) is 0 Å². The minimum Gasteiger partial charge on any atom is -0.355 e. The Bertz CT molecular complexity index is 262. The lowest BCUT2D eigenvalue weighted by Gasteiger charge is -2.28. The van der Waals surface area contributed by atoms with Crippen LogP contribution in [0.3, 0.4) is 0 Å². The van der Waals surface area contributed by atoms with Gasteiger partial charge in [0, 0.05) is 35.0 Å². The van der Waals surface area contributed by atoms with Crippen molar-refractivity contribution in [1.82, 2.24) is 5.32 Å². The van der Waals surface area contributed by atoms with E-state index in [1.807, 2.05) is 23.5 Å². The summed E-state index contributed by atoms with van der Waals surface area (Å²) in [6, 6.07) is 0. The number of nitrogens with one attached hydrogen (secondary N) is 1. The summed E-state index contributed by atoms with van der Waals surface area (Å²) in [4.78, 5) is 12.1. The van der Waals surface area contributed by atoms with Crippen molar-refractivity contribution < 1.29 is 4.79 Å². The zero-order valence-electron chi connectivity index (χ0n) is 10.9. The standard InChI is InChI=1S/C13H24N2OS2/c14-7-10-1-3-11(4-2-10)13(16)15-8-12-9-17-5-6-18-12/h10-12H,1-9,14H2,(H,15,16). The van der Waals surface area contributed by atoms with Crippen LogP contribution in [-0.4, -0.2) is 41.5 Å². The molecule has 5 heteroatoms. The van der Waals surface area contributed by atoms with Crippen LogP contribution in [0.2, 0.25) is 0 Å². The van der Waals surface area contributed by atoms with Gasteiger partial charge in [0.2, 0.25) is 5.91 Å². The van der Waals surface area contributed by atoms with Gasteiger partial charge in [-0.25, -0.2) is 0 Å². The van der Waals surface area contributed by atoms with Gasteiger partial charge in [0.25, 0.3) is 0 Å². The van der Waals surface area contributed by atoms with Crippen LogP contribution in [0.5, 0.6) is 0 Å². The highest BCUT2D eigenvalue weighted by Gasteiger charge is 2.26. The number of carbonyl (C=O) groups excluding carboxylic acids is 1. The lowest BCUT2D eigenvalue weighted by atomic mass is 9.81. The van der Waals surface area contributed by atoms with E-state index in [2.05, 4.69) is 5.32 Å². The van der Waals surface area contributed by atoms with Gasteiger partial charge < -0.3 is 11.1 Å². The molecule has 104 valence electrons. The Morgan fingerprint density at radius 2 is 2.00 bits per heavy atom. The zero-order valence-corrected chi connectivity index (χ0v) is 12.5. The van der Waals surface area contributed by atoms with Crippen molar-refractivity contribution in [1.29, 1.82) is 0 Å². The highest BCUT2D eigenvalue weighted by molar-refractivity contribution is 8.06. The second-order valence-corrected chi connectivity index (χ2v) is 7.82. The fraction of sp³-hybridized carbons (Fsp3) is 0.923. The number of carbonyl (C=O) groups is 1. The van der Waals surface area contributed by atoms with Crippen LogP contribution in [0.1, 0.15) is 25.7 Å². The van der Waals surface area contributed by atoms with Crippen LogP contribution in [-0.2, 0) is 4.79 Å². The van der Waals surface area contributed by atoms with Crippen LogP contribution in [0, 0.1) is 11.8 Å². The average Bonchev–Trinajstić information content (AvgIpc) is 2.46. The number of amides is 1. The molecule has 0 aromatic carbocycles. The Labute approximate surface area is 118 Å². The Morgan fingerprint density at radius 3 is 2.61 bits per heavy atom. The first-order chi connectivity index (χ1) is 8.79. The summed E-state index contributed by atoms with van der Waals surface area (Å²) in [5, 5.41) is 3.77. The van der Waals surface area contributed by atoms with Gasteiger partial charge in [-0.1, -0.05) is 0 Å². The number of hydrogen-bond acceptors (Lipinski definition) is 4. The molecular formula is C13H24N2OS2. The molecule has 0 bridgehead atoms.